The van der Waals surface area contributed by atoms with Gasteiger partial charge in [0.1, 0.15) is 0 Å². The van der Waals surface area contributed by atoms with Crippen molar-refractivity contribution in [3.63, 3.8) is 0 Å². The predicted octanol–water partition coefficient (Wildman–Crippen LogP) is 0.839. The number of anilines is 1. The molecule has 2 rings (SSSR count). The van der Waals surface area contributed by atoms with Gasteiger partial charge in [-0.15, -0.1) is 0 Å². The lowest BCUT2D eigenvalue weighted by Gasteiger charge is -2.28. The van der Waals surface area contributed by atoms with Crippen LogP contribution >= 0.6 is 0 Å². The van der Waals surface area contributed by atoms with Crippen molar-refractivity contribution in [1.29, 1.82) is 0 Å². The number of nitrogens with one attached hydrogen (secondary N) is 1. The second kappa shape index (κ2) is 4.40. The first-order valence-corrected chi connectivity index (χ1v) is 5.34. The van der Waals surface area contributed by atoms with Gasteiger partial charge in [0.2, 0.25) is 5.91 Å². The first-order valence-electron chi connectivity index (χ1n) is 5.34. The molecule has 0 unspecified atom stereocenters. The van der Waals surface area contributed by atoms with E-state index in [0.717, 1.165) is 12.2 Å². The van der Waals surface area contributed by atoms with Crippen LogP contribution in [0.25, 0.3) is 0 Å². The van der Waals surface area contributed by atoms with Gasteiger partial charge in [-0.2, -0.15) is 0 Å². The van der Waals surface area contributed by atoms with Crippen LogP contribution < -0.4 is 10.2 Å². The molecule has 1 aromatic rings. The highest BCUT2D eigenvalue weighted by molar-refractivity contribution is 5.82. The van der Waals surface area contributed by atoms with Crippen LogP contribution in [0.3, 0.4) is 0 Å². The number of nitro groups is 1. The number of nitrogens with zero attached hydrogens (tertiary/aromatic N) is 2. The fraction of sp³-hybridized carbons (Fsp3) is 0.364. The van der Waals surface area contributed by atoms with Gasteiger partial charge in [0.15, 0.2) is 0 Å². The molecule has 17 heavy (non-hydrogen) atoms. The van der Waals surface area contributed by atoms with Gasteiger partial charge in [0, 0.05) is 30.4 Å². The zero-order valence-corrected chi connectivity index (χ0v) is 9.47. The zero-order valence-electron chi connectivity index (χ0n) is 9.47. The maximum absolute atomic E-state index is 11.2. The molecule has 1 fully saturated rings. The average molecular weight is 235 g/mol. The summed E-state index contributed by atoms with van der Waals surface area (Å²) in [6, 6.07) is 4.91. The Balaban J connectivity index is 2.25. The summed E-state index contributed by atoms with van der Waals surface area (Å²) < 4.78 is 0. The van der Waals surface area contributed by atoms with Crippen LogP contribution in [-0.2, 0) is 4.79 Å². The summed E-state index contributed by atoms with van der Waals surface area (Å²) in [6.45, 7) is 3.33. The number of piperazine rings is 1. The summed E-state index contributed by atoms with van der Waals surface area (Å²) in [7, 11) is 0. The second-order valence-electron chi connectivity index (χ2n) is 4.00. The predicted molar refractivity (Wildman–Crippen MR) is 63.1 cm³/mol. The molecule has 1 N–H and O–H groups in total. The van der Waals surface area contributed by atoms with E-state index < -0.39 is 4.92 Å². The van der Waals surface area contributed by atoms with Crippen molar-refractivity contribution >= 4 is 17.3 Å². The Morgan fingerprint density at radius 3 is 2.82 bits per heavy atom. The lowest BCUT2D eigenvalue weighted by molar-refractivity contribution is -0.385. The van der Waals surface area contributed by atoms with E-state index in [9.17, 15) is 14.9 Å². The Labute approximate surface area is 98.4 Å². The Morgan fingerprint density at radius 1 is 1.47 bits per heavy atom. The van der Waals surface area contributed by atoms with Crippen LogP contribution in [0.2, 0.25) is 0 Å². The standard InChI is InChI=1S/C11H13N3O3/c1-8-6-9(2-3-10(8)14(16)17)13-5-4-12-11(15)7-13/h2-3,6H,4-5,7H2,1H3,(H,12,15). The monoisotopic (exact) mass is 235 g/mol. The number of rotatable bonds is 2. The Morgan fingerprint density at radius 2 is 2.24 bits per heavy atom. The molecule has 0 bridgehead atoms. The highest BCUT2D eigenvalue weighted by Gasteiger charge is 2.18. The van der Waals surface area contributed by atoms with Gasteiger partial charge in [-0.3, -0.25) is 14.9 Å². The van der Waals surface area contributed by atoms with Crippen molar-refractivity contribution in [3.8, 4) is 0 Å². The first kappa shape index (κ1) is 11.4. The van der Waals surface area contributed by atoms with Gasteiger partial charge < -0.3 is 10.2 Å². The van der Waals surface area contributed by atoms with Crippen molar-refractivity contribution in [3.05, 3.63) is 33.9 Å². The minimum Gasteiger partial charge on any atom is -0.360 e. The summed E-state index contributed by atoms with van der Waals surface area (Å²) in [5, 5.41) is 13.4. The van der Waals surface area contributed by atoms with E-state index in [2.05, 4.69) is 5.32 Å². The largest absolute Gasteiger partial charge is 0.360 e. The summed E-state index contributed by atoms with van der Waals surface area (Å²) in [5.41, 5.74) is 1.57. The highest BCUT2D eigenvalue weighted by atomic mass is 16.6. The molecule has 0 aliphatic carbocycles. The summed E-state index contributed by atoms with van der Waals surface area (Å²) in [4.78, 5) is 23.4. The molecular weight excluding hydrogens is 222 g/mol. The summed E-state index contributed by atoms with van der Waals surface area (Å²) in [6.07, 6.45) is 0. The van der Waals surface area contributed by atoms with Crippen molar-refractivity contribution in [1.82, 2.24) is 5.32 Å². The third kappa shape index (κ3) is 2.35. The van der Waals surface area contributed by atoms with Crippen molar-refractivity contribution < 1.29 is 9.72 Å². The number of amides is 1. The number of nitro benzene ring substituents is 1. The van der Waals surface area contributed by atoms with Crippen LogP contribution in [0.4, 0.5) is 11.4 Å². The smallest absolute Gasteiger partial charge is 0.272 e. The molecule has 90 valence electrons. The van der Waals surface area contributed by atoms with Gasteiger partial charge in [-0.05, 0) is 19.1 Å². The molecule has 0 spiro atoms. The van der Waals surface area contributed by atoms with Crippen molar-refractivity contribution in [2.45, 2.75) is 6.92 Å². The molecule has 1 aliphatic rings. The molecule has 1 aromatic carbocycles. The SMILES string of the molecule is Cc1cc(N2CCNC(=O)C2)ccc1[N+](=O)[O-]. The number of aryl methyl sites for hydroxylation is 1. The fourth-order valence-corrected chi connectivity index (χ4v) is 1.90. The number of benzene rings is 1. The minimum absolute atomic E-state index is 0.0211. The molecule has 0 radical (unpaired) electrons. The van der Waals surface area contributed by atoms with Gasteiger partial charge in [-0.25, -0.2) is 0 Å². The van der Waals surface area contributed by atoms with Crippen molar-refractivity contribution in [2.75, 3.05) is 24.5 Å². The molecule has 0 atom stereocenters. The maximum atomic E-state index is 11.2. The Kier molecular flexibility index (Phi) is 2.95. The van der Waals surface area contributed by atoms with Crippen LogP contribution in [0.15, 0.2) is 18.2 Å². The normalized spacial score (nSPS) is 15.6. The lowest BCUT2D eigenvalue weighted by Crippen LogP contribution is -2.47. The Bertz CT molecular complexity index is 473. The average Bonchev–Trinajstić information content (AvgIpc) is 2.28. The number of hydrogen-bond acceptors (Lipinski definition) is 4. The summed E-state index contributed by atoms with van der Waals surface area (Å²) >= 11 is 0. The van der Waals surface area contributed by atoms with E-state index in [1.807, 2.05) is 4.90 Å². The van der Waals surface area contributed by atoms with E-state index in [0.29, 0.717) is 18.7 Å². The number of hydrogen-bond donors (Lipinski definition) is 1. The van der Waals surface area contributed by atoms with E-state index in [1.54, 1.807) is 19.1 Å². The van der Waals surface area contributed by atoms with E-state index >= 15 is 0 Å². The van der Waals surface area contributed by atoms with E-state index in [1.165, 1.54) is 6.07 Å². The molecule has 6 nitrogen and oxygen atoms in total. The zero-order chi connectivity index (χ0) is 12.4. The Hall–Kier alpha value is -2.11. The first-order chi connectivity index (χ1) is 8.08. The molecule has 6 heteroatoms. The number of carbonyl (C=O) groups is 1. The van der Waals surface area contributed by atoms with E-state index in [-0.39, 0.29) is 11.6 Å². The molecule has 0 aromatic heterocycles. The van der Waals surface area contributed by atoms with Crippen LogP contribution in [-0.4, -0.2) is 30.5 Å². The second-order valence-corrected chi connectivity index (χ2v) is 4.00. The van der Waals surface area contributed by atoms with Gasteiger partial charge in [0.25, 0.3) is 5.69 Å². The maximum Gasteiger partial charge on any atom is 0.272 e. The molecule has 1 saturated heterocycles. The van der Waals surface area contributed by atoms with Crippen LogP contribution in [0.5, 0.6) is 0 Å². The molecule has 1 heterocycles. The van der Waals surface area contributed by atoms with Gasteiger partial charge >= 0.3 is 0 Å². The number of carbonyl (C=O) groups excluding carboxylic acids is 1. The molecule has 0 saturated carbocycles. The lowest BCUT2D eigenvalue weighted by atomic mass is 10.1. The minimum atomic E-state index is -0.401. The quantitative estimate of drug-likeness (QED) is 0.608. The van der Waals surface area contributed by atoms with Gasteiger partial charge in [0.05, 0.1) is 11.5 Å². The van der Waals surface area contributed by atoms with Crippen LogP contribution in [0, 0.1) is 17.0 Å². The fourth-order valence-electron chi connectivity index (χ4n) is 1.90. The third-order valence-corrected chi connectivity index (χ3v) is 2.78. The molecule has 1 amide bonds. The molecular formula is C11H13N3O3. The summed E-state index contributed by atoms with van der Waals surface area (Å²) in [5.74, 6) is -0.0211. The van der Waals surface area contributed by atoms with Crippen molar-refractivity contribution in [2.24, 2.45) is 0 Å². The van der Waals surface area contributed by atoms with E-state index in [4.69, 9.17) is 0 Å². The topological polar surface area (TPSA) is 75.5 Å². The highest BCUT2D eigenvalue weighted by Crippen LogP contribution is 2.24. The van der Waals surface area contributed by atoms with Gasteiger partial charge in [-0.1, -0.05) is 0 Å². The molecule has 1 aliphatic heterocycles. The van der Waals surface area contributed by atoms with Crippen LogP contribution in [0.1, 0.15) is 5.56 Å². The third-order valence-electron chi connectivity index (χ3n) is 2.78.